The lowest BCUT2D eigenvalue weighted by molar-refractivity contribution is -0.137. The standard InChI is InChI=1S/C14H26N2O4/c1-10-8-15(9-11(2)20-10)13(19)16(14(3,4)5)7-6-12(17)18/h10-11H,6-9H2,1-5H3,(H,17,18). The fourth-order valence-electron chi connectivity index (χ4n) is 2.43. The number of morpholine rings is 1. The molecule has 1 saturated heterocycles. The minimum Gasteiger partial charge on any atom is -0.481 e. The molecule has 0 saturated carbocycles. The summed E-state index contributed by atoms with van der Waals surface area (Å²) in [5, 5.41) is 8.83. The molecule has 0 aromatic heterocycles. The third-order valence-corrected chi connectivity index (χ3v) is 3.28. The van der Waals surface area contributed by atoms with E-state index < -0.39 is 11.5 Å². The first-order chi connectivity index (χ1) is 9.11. The molecule has 1 heterocycles. The van der Waals surface area contributed by atoms with Crippen molar-refractivity contribution in [1.82, 2.24) is 9.80 Å². The highest BCUT2D eigenvalue weighted by Gasteiger charge is 2.33. The maximum atomic E-state index is 12.7. The summed E-state index contributed by atoms with van der Waals surface area (Å²) in [5.41, 5.74) is -0.405. The highest BCUT2D eigenvalue weighted by Crippen LogP contribution is 2.19. The zero-order chi connectivity index (χ0) is 15.5. The number of ether oxygens (including phenoxy) is 1. The number of nitrogens with zero attached hydrogens (tertiary/aromatic N) is 2. The summed E-state index contributed by atoms with van der Waals surface area (Å²) in [5.74, 6) is -0.893. The van der Waals surface area contributed by atoms with Crippen molar-refractivity contribution < 1.29 is 19.4 Å². The Bertz CT molecular complexity index is 355. The van der Waals surface area contributed by atoms with Crippen LogP contribution in [0, 0.1) is 0 Å². The summed E-state index contributed by atoms with van der Waals surface area (Å²) >= 11 is 0. The van der Waals surface area contributed by atoms with Crippen LogP contribution in [0.25, 0.3) is 0 Å². The smallest absolute Gasteiger partial charge is 0.320 e. The van der Waals surface area contributed by atoms with E-state index in [1.807, 2.05) is 34.6 Å². The second-order valence-electron chi connectivity index (χ2n) is 6.41. The summed E-state index contributed by atoms with van der Waals surface area (Å²) in [6.45, 7) is 10.9. The Balaban J connectivity index is 2.79. The number of amides is 2. The number of urea groups is 1. The van der Waals surface area contributed by atoms with Crippen LogP contribution in [0.1, 0.15) is 41.0 Å². The lowest BCUT2D eigenvalue weighted by Gasteiger charge is -2.42. The number of aliphatic carboxylic acids is 1. The largest absolute Gasteiger partial charge is 0.481 e. The van der Waals surface area contributed by atoms with E-state index in [1.165, 1.54) is 0 Å². The summed E-state index contributed by atoms with van der Waals surface area (Å²) in [6.07, 6.45) is -0.0358. The Morgan fingerprint density at radius 2 is 1.75 bits per heavy atom. The zero-order valence-corrected chi connectivity index (χ0v) is 13.0. The van der Waals surface area contributed by atoms with Crippen LogP contribution in [-0.4, -0.2) is 64.3 Å². The summed E-state index contributed by atoms with van der Waals surface area (Å²) < 4.78 is 5.62. The van der Waals surface area contributed by atoms with Crippen molar-refractivity contribution in [2.45, 2.75) is 58.8 Å². The van der Waals surface area contributed by atoms with Gasteiger partial charge in [0, 0.05) is 25.2 Å². The van der Waals surface area contributed by atoms with Crippen molar-refractivity contribution in [3.05, 3.63) is 0 Å². The number of carbonyl (C=O) groups is 2. The molecular weight excluding hydrogens is 260 g/mol. The van der Waals surface area contributed by atoms with E-state index in [0.717, 1.165) is 0 Å². The molecule has 20 heavy (non-hydrogen) atoms. The third-order valence-electron chi connectivity index (χ3n) is 3.28. The van der Waals surface area contributed by atoms with E-state index in [4.69, 9.17) is 9.84 Å². The predicted molar refractivity (Wildman–Crippen MR) is 75.7 cm³/mol. The first-order valence-corrected chi connectivity index (χ1v) is 7.05. The molecule has 2 atom stereocenters. The van der Waals surface area contributed by atoms with Crippen LogP contribution in [0.2, 0.25) is 0 Å². The van der Waals surface area contributed by atoms with Crippen molar-refractivity contribution in [2.24, 2.45) is 0 Å². The Kier molecular flexibility index (Phi) is 5.39. The summed E-state index contributed by atoms with van der Waals surface area (Å²) in [7, 11) is 0. The molecule has 0 radical (unpaired) electrons. The van der Waals surface area contributed by atoms with Gasteiger partial charge in [-0.25, -0.2) is 4.79 Å². The van der Waals surface area contributed by atoms with Gasteiger partial charge in [-0.1, -0.05) is 0 Å². The lowest BCUT2D eigenvalue weighted by Crippen LogP contribution is -2.57. The Labute approximate surface area is 120 Å². The van der Waals surface area contributed by atoms with E-state index in [-0.39, 0.29) is 31.2 Å². The van der Waals surface area contributed by atoms with Crippen molar-refractivity contribution >= 4 is 12.0 Å². The zero-order valence-electron chi connectivity index (χ0n) is 13.0. The van der Waals surface area contributed by atoms with E-state index in [2.05, 4.69) is 0 Å². The van der Waals surface area contributed by atoms with Crippen LogP contribution >= 0.6 is 0 Å². The molecule has 0 spiro atoms. The van der Waals surface area contributed by atoms with Gasteiger partial charge in [-0.2, -0.15) is 0 Å². The van der Waals surface area contributed by atoms with Gasteiger partial charge in [0.2, 0.25) is 0 Å². The Morgan fingerprint density at radius 1 is 1.25 bits per heavy atom. The average molecular weight is 286 g/mol. The maximum Gasteiger partial charge on any atom is 0.320 e. The van der Waals surface area contributed by atoms with Crippen molar-refractivity contribution in [2.75, 3.05) is 19.6 Å². The molecule has 116 valence electrons. The van der Waals surface area contributed by atoms with Gasteiger partial charge >= 0.3 is 12.0 Å². The van der Waals surface area contributed by atoms with Gasteiger partial charge in [0.1, 0.15) is 0 Å². The van der Waals surface area contributed by atoms with Crippen LogP contribution in [0.5, 0.6) is 0 Å². The van der Waals surface area contributed by atoms with E-state index in [1.54, 1.807) is 9.80 Å². The molecular formula is C14H26N2O4. The minimum absolute atomic E-state index is 0.00370. The predicted octanol–water partition coefficient (Wildman–Crippen LogP) is 1.79. The molecule has 2 unspecified atom stereocenters. The summed E-state index contributed by atoms with van der Waals surface area (Å²) in [6, 6.07) is -0.110. The molecule has 1 fully saturated rings. The second kappa shape index (κ2) is 6.43. The van der Waals surface area contributed by atoms with Crippen LogP contribution in [-0.2, 0) is 9.53 Å². The number of hydrogen-bond acceptors (Lipinski definition) is 3. The number of carbonyl (C=O) groups excluding carboxylic acids is 1. The number of rotatable bonds is 3. The Morgan fingerprint density at radius 3 is 2.15 bits per heavy atom. The molecule has 0 aliphatic carbocycles. The second-order valence-corrected chi connectivity index (χ2v) is 6.41. The van der Waals surface area contributed by atoms with Gasteiger partial charge in [-0.05, 0) is 34.6 Å². The normalized spacial score (nSPS) is 23.6. The molecule has 0 aromatic carbocycles. The first kappa shape index (κ1) is 16.8. The fraction of sp³-hybridized carbons (Fsp3) is 0.857. The molecule has 0 bridgehead atoms. The molecule has 1 aliphatic heterocycles. The maximum absolute atomic E-state index is 12.7. The quantitative estimate of drug-likeness (QED) is 0.858. The van der Waals surface area contributed by atoms with Crippen molar-refractivity contribution in [3.8, 4) is 0 Å². The van der Waals surface area contributed by atoms with Crippen molar-refractivity contribution in [1.29, 1.82) is 0 Å². The highest BCUT2D eigenvalue weighted by atomic mass is 16.5. The van der Waals surface area contributed by atoms with Crippen LogP contribution in [0.3, 0.4) is 0 Å². The molecule has 2 amide bonds. The molecule has 6 nitrogen and oxygen atoms in total. The molecule has 1 N–H and O–H groups in total. The average Bonchev–Trinajstić information content (AvgIpc) is 2.25. The number of carboxylic acids is 1. The van der Waals surface area contributed by atoms with Gasteiger partial charge in [-0.3, -0.25) is 4.79 Å². The monoisotopic (exact) mass is 286 g/mol. The van der Waals surface area contributed by atoms with Gasteiger partial charge in [0.05, 0.1) is 18.6 Å². The fourth-order valence-corrected chi connectivity index (χ4v) is 2.43. The van der Waals surface area contributed by atoms with E-state index in [9.17, 15) is 9.59 Å². The van der Waals surface area contributed by atoms with Gasteiger partial charge in [0.15, 0.2) is 0 Å². The van der Waals surface area contributed by atoms with Crippen LogP contribution in [0.15, 0.2) is 0 Å². The third kappa shape index (κ3) is 4.67. The minimum atomic E-state index is -0.893. The summed E-state index contributed by atoms with van der Waals surface area (Å²) in [4.78, 5) is 26.8. The highest BCUT2D eigenvalue weighted by molar-refractivity contribution is 5.76. The van der Waals surface area contributed by atoms with Gasteiger partial charge in [0.25, 0.3) is 0 Å². The van der Waals surface area contributed by atoms with E-state index in [0.29, 0.717) is 13.1 Å². The lowest BCUT2D eigenvalue weighted by atomic mass is 10.1. The SMILES string of the molecule is CC1CN(C(=O)N(CCC(=O)O)C(C)(C)C)CC(C)O1. The molecule has 6 heteroatoms. The van der Waals surface area contributed by atoms with Crippen LogP contribution < -0.4 is 0 Å². The topological polar surface area (TPSA) is 70.1 Å². The number of carboxylic acid groups (broad SMARTS) is 1. The number of hydrogen-bond donors (Lipinski definition) is 1. The van der Waals surface area contributed by atoms with Gasteiger partial charge < -0.3 is 19.6 Å². The van der Waals surface area contributed by atoms with Gasteiger partial charge in [-0.15, -0.1) is 0 Å². The Hall–Kier alpha value is -1.30. The molecule has 0 aromatic rings. The molecule has 1 rings (SSSR count). The van der Waals surface area contributed by atoms with Crippen molar-refractivity contribution in [3.63, 3.8) is 0 Å². The van der Waals surface area contributed by atoms with E-state index >= 15 is 0 Å². The first-order valence-electron chi connectivity index (χ1n) is 7.05. The van der Waals surface area contributed by atoms with Crippen LogP contribution in [0.4, 0.5) is 4.79 Å². The molecule has 1 aliphatic rings.